The monoisotopic (exact) mass is 374 g/mol. The molecule has 1 aliphatic rings. The summed E-state index contributed by atoms with van der Waals surface area (Å²) in [6.45, 7) is 2.09. The van der Waals surface area contributed by atoms with Gasteiger partial charge >= 0.3 is 12.0 Å². The SMILES string of the molecule is C[C@@H]1CCC[N+]1(C(=O)O)C(=O)CC(Br)C(=O)c1cccs1. The molecule has 0 spiro atoms. The Morgan fingerprint density at radius 2 is 2.24 bits per heavy atom. The van der Waals surface area contributed by atoms with Crippen molar-refractivity contribution in [1.82, 2.24) is 0 Å². The quantitative estimate of drug-likeness (QED) is 0.498. The fourth-order valence-electron chi connectivity index (χ4n) is 2.82. The van der Waals surface area contributed by atoms with Gasteiger partial charge in [-0.25, -0.2) is 4.79 Å². The molecule has 1 aromatic heterocycles. The number of ketones is 1. The van der Waals surface area contributed by atoms with Crippen LogP contribution in [0.2, 0.25) is 0 Å². The van der Waals surface area contributed by atoms with Crippen LogP contribution >= 0.6 is 27.3 Å². The van der Waals surface area contributed by atoms with E-state index in [1.165, 1.54) is 11.3 Å². The van der Waals surface area contributed by atoms with Crippen molar-refractivity contribution in [2.75, 3.05) is 6.54 Å². The lowest BCUT2D eigenvalue weighted by Crippen LogP contribution is -2.59. The topological polar surface area (TPSA) is 71.4 Å². The minimum Gasteiger partial charge on any atom is -0.435 e. The van der Waals surface area contributed by atoms with E-state index in [1.807, 2.05) is 0 Å². The highest BCUT2D eigenvalue weighted by atomic mass is 79.9. The number of thiophene rings is 1. The predicted octanol–water partition coefficient (Wildman–Crippen LogP) is 3.29. The molecule has 0 bridgehead atoms. The van der Waals surface area contributed by atoms with E-state index < -0.39 is 21.3 Å². The zero-order valence-electron chi connectivity index (χ0n) is 11.6. The number of carbonyl (C=O) groups excluding carboxylic acids is 2. The number of carbonyl (C=O) groups is 3. The van der Waals surface area contributed by atoms with E-state index in [1.54, 1.807) is 24.4 Å². The van der Waals surface area contributed by atoms with E-state index in [0.717, 1.165) is 0 Å². The Morgan fingerprint density at radius 1 is 1.52 bits per heavy atom. The van der Waals surface area contributed by atoms with Crippen molar-refractivity contribution >= 4 is 45.1 Å². The lowest BCUT2D eigenvalue weighted by atomic mass is 10.1. The van der Waals surface area contributed by atoms with Gasteiger partial charge in [0.05, 0.1) is 22.7 Å². The summed E-state index contributed by atoms with van der Waals surface area (Å²) in [6, 6.07) is 3.23. The van der Waals surface area contributed by atoms with Gasteiger partial charge in [-0.15, -0.1) is 11.3 Å². The molecule has 0 radical (unpaired) electrons. The Labute approximate surface area is 135 Å². The molecule has 5 nitrogen and oxygen atoms in total. The molecule has 2 amide bonds. The summed E-state index contributed by atoms with van der Waals surface area (Å²) in [5.41, 5.74) is 0. The Bertz CT molecular complexity index is 559. The van der Waals surface area contributed by atoms with E-state index in [2.05, 4.69) is 15.9 Å². The standard InChI is InChI=1S/C14H16BrNO4S/c1-9-4-2-6-16(9,14(19)20)12(17)8-10(15)13(18)11-5-3-7-21-11/h3,5,7,9-10H,2,4,6,8H2,1H3/p+1/t9-,10?,16?/m1/s1. The van der Waals surface area contributed by atoms with Crippen LogP contribution in [0, 0.1) is 0 Å². The zero-order valence-corrected chi connectivity index (χ0v) is 14.0. The first kappa shape index (κ1) is 16.3. The van der Waals surface area contributed by atoms with E-state index in [9.17, 15) is 19.5 Å². The van der Waals surface area contributed by atoms with Crippen molar-refractivity contribution in [3.05, 3.63) is 22.4 Å². The number of Topliss-reactive ketones (excluding diaryl/α,β-unsaturated/α-hetero) is 1. The maximum atomic E-state index is 12.5. The molecule has 0 aliphatic carbocycles. The fraction of sp³-hybridized carbons (Fsp3) is 0.500. The maximum Gasteiger partial charge on any atom is 0.521 e. The van der Waals surface area contributed by atoms with Crippen LogP contribution in [0.15, 0.2) is 17.5 Å². The van der Waals surface area contributed by atoms with Crippen LogP contribution in [0.3, 0.4) is 0 Å². The van der Waals surface area contributed by atoms with Crippen LogP contribution in [-0.4, -0.2) is 44.8 Å². The summed E-state index contributed by atoms with van der Waals surface area (Å²) < 4.78 is -0.556. The van der Waals surface area contributed by atoms with E-state index in [0.29, 0.717) is 24.3 Å². The number of hydrogen-bond acceptors (Lipinski definition) is 4. The number of halogens is 1. The molecule has 1 aromatic rings. The van der Waals surface area contributed by atoms with Crippen molar-refractivity contribution in [2.24, 2.45) is 0 Å². The number of quaternary nitrogens is 1. The largest absolute Gasteiger partial charge is 0.521 e. The number of nitrogens with zero attached hydrogens (tertiary/aromatic N) is 1. The predicted molar refractivity (Wildman–Crippen MR) is 82.8 cm³/mol. The van der Waals surface area contributed by atoms with Gasteiger partial charge in [0.2, 0.25) is 0 Å². The van der Waals surface area contributed by atoms with Crippen LogP contribution in [0.4, 0.5) is 4.79 Å². The minimum atomic E-state index is -1.12. The molecule has 7 heteroatoms. The first-order valence-corrected chi connectivity index (χ1v) is 8.55. The van der Waals surface area contributed by atoms with Crippen molar-refractivity contribution in [3.63, 3.8) is 0 Å². The maximum absolute atomic E-state index is 12.5. The normalized spacial score (nSPS) is 26.5. The molecule has 1 N–H and O–H groups in total. The molecule has 2 rings (SSSR count). The van der Waals surface area contributed by atoms with Gasteiger partial charge in [-0.2, -0.15) is 9.28 Å². The summed E-state index contributed by atoms with van der Waals surface area (Å²) in [5, 5.41) is 11.3. The van der Waals surface area contributed by atoms with Crippen LogP contribution in [0.1, 0.15) is 35.9 Å². The van der Waals surface area contributed by atoms with E-state index in [4.69, 9.17) is 0 Å². The lowest BCUT2D eigenvalue weighted by Gasteiger charge is -2.30. The highest BCUT2D eigenvalue weighted by molar-refractivity contribution is 9.10. The summed E-state index contributed by atoms with van der Waals surface area (Å²) in [6.07, 6.45) is 0.204. The average Bonchev–Trinajstić information content (AvgIpc) is 3.06. The molecule has 114 valence electrons. The minimum absolute atomic E-state index is 0.104. The molecule has 0 aromatic carbocycles. The summed E-state index contributed by atoms with van der Waals surface area (Å²) in [4.78, 5) is 36.2. The summed E-state index contributed by atoms with van der Waals surface area (Å²) in [7, 11) is 0. The third-order valence-corrected chi connectivity index (χ3v) is 5.70. The second kappa shape index (κ2) is 6.37. The second-order valence-corrected chi connectivity index (χ2v) is 7.33. The Balaban J connectivity index is 2.13. The molecule has 3 atom stereocenters. The highest BCUT2D eigenvalue weighted by Gasteiger charge is 2.53. The van der Waals surface area contributed by atoms with Crippen molar-refractivity contribution in [2.45, 2.75) is 37.1 Å². The number of amides is 2. The van der Waals surface area contributed by atoms with Gasteiger partial charge in [-0.05, 0) is 18.4 Å². The van der Waals surface area contributed by atoms with Gasteiger partial charge in [0.15, 0.2) is 5.78 Å². The number of hydrogen-bond donors (Lipinski definition) is 1. The zero-order chi connectivity index (χ0) is 15.6. The van der Waals surface area contributed by atoms with E-state index in [-0.39, 0.29) is 18.2 Å². The molecule has 1 fully saturated rings. The molecular weight excluding hydrogens is 358 g/mol. The third kappa shape index (κ3) is 2.95. The molecule has 0 saturated carbocycles. The van der Waals surface area contributed by atoms with Crippen LogP contribution in [-0.2, 0) is 4.79 Å². The van der Waals surface area contributed by atoms with Gasteiger partial charge in [0.25, 0.3) is 0 Å². The van der Waals surface area contributed by atoms with Gasteiger partial charge in [-0.3, -0.25) is 4.79 Å². The van der Waals surface area contributed by atoms with Gasteiger partial charge in [0, 0.05) is 12.8 Å². The molecule has 1 saturated heterocycles. The molecule has 2 unspecified atom stereocenters. The molecular formula is C14H17BrNO4S+. The lowest BCUT2D eigenvalue weighted by molar-refractivity contribution is -0.792. The van der Waals surface area contributed by atoms with Gasteiger partial charge < -0.3 is 5.11 Å². The number of carboxylic acid groups (broad SMARTS) is 1. The van der Waals surface area contributed by atoms with Crippen LogP contribution in [0.5, 0.6) is 0 Å². The number of alkyl halides is 1. The number of likely N-dealkylation sites (tertiary alicyclic amines) is 1. The molecule has 21 heavy (non-hydrogen) atoms. The van der Waals surface area contributed by atoms with Crippen LogP contribution in [0.25, 0.3) is 0 Å². The van der Waals surface area contributed by atoms with Crippen molar-refractivity contribution in [3.8, 4) is 0 Å². The van der Waals surface area contributed by atoms with Crippen molar-refractivity contribution in [1.29, 1.82) is 0 Å². The molecule has 2 heterocycles. The molecule has 1 aliphatic heterocycles. The first-order chi connectivity index (χ1) is 9.89. The first-order valence-electron chi connectivity index (χ1n) is 6.76. The van der Waals surface area contributed by atoms with Gasteiger partial charge in [-0.1, -0.05) is 22.0 Å². The van der Waals surface area contributed by atoms with Crippen LogP contribution < -0.4 is 0 Å². The van der Waals surface area contributed by atoms with Crippen molar-refractivity contribution < 1.29 is 24.0 Å². The Hall–Kier alpha value is -1.05. The summed E-state index contributed by atoms with van der Waals surface area (Å²) >= 11 is 4.55. The summed E-state index contributed by atoms with van der Waals surface area (Å²) in [5.74, 6) is -0.576. The fourth-order valence-corrected chi connectivity index (χ4v) is 4.21. The average molecular weight is 375 g/mol. The Morgan fingerprint density at radius 3 is 2.71 bits per heavy atom. The third-order valence-electron chi connectivity index (χ3n) is 4.07. The van der Waals surface area contributed by atoms with Gasteiger partial charge in [0.1, 0.15) is 6.04 Å². The number of imide groups is 1. The Kier molecular flexibility index (Phi) is 4.95. The number of rotatable bonds is 4. The smallest absolute Gasteiger partial charge is 0.435 e. The second-order valence-electron chi connectivity index (χ2n) is 5.27. The van der Waals surface area contributed by atoms with E-state index >= 15 is 0 Å². The highest BCUT2D eigenvalue weighted by Crippen LogP contribution is 2.30.